The number of carbonyl (C=O) groups is 2. The van der Waals surface area contributed by atoms with Gasteiger partial charge in [0.2, 0.25) is 0 Å². The first kappa shape index (κ1) is 22.8. The van der Waals surface area contributed by atoms with Crippen molar-refractivity contribution < 1.29 is 19.1 Å². The van der Waals surface area contributed by atoms with Gasteiger partial charge in [-0.2, -0.15) is 5.10 Å². The van der Waals surface area contributed by atoms with Crippen molar-refractivity contribution in [3.8, 4) is 5.75 Å². The molecule has 1 fully saturated rings. The van der Waals surface area contributed by atoms with E-state index in [-0.39, 0.29) is 11.8 Å². The van der Waals surface area contributed by atoms with E-state index in [0.29, 0.717) is 67.2 Å². The molecule has 0 saturated carbocycles. The third-order valence-electron chi connectivity index (χ3n) is 5.32. The summed E-state index contributed by atoms with van der Waals surface area (Å²) in [6.07, 6.45) is 1.52. The lowest BCUT2D eigenvalue weighted by Crippen LogP contribution is -2.41. The summed E-state index contributed by atoms with van der Waals surface area (Å²) in [5, 5.41) is 7.76. The van der Waals surface area contributed by atoms with Gasteiger partial charge < -0.3 is 19.7 Å². The molecule has 0 atom stereocenters. The number of benzene rings is 2. The zero-order chi connectivity index (χ0) is 23.2. The number of aromatic nitrogens is 2. The predicted molar refractivity (Wildman–Crippen MR) is 125 cm³/mol. The molecule has 0 bridgehead atoms. The summed E-state index contributed by atoms with van der Waals surface area (Å²) >= 11 is 5.89. The largest absolute Gasteiger partial charge is 0.489 e. The fourth-order valence-corrected chi connectivity index (χ4v) is 3.63. The fraction of sp³-hybridized carbons (Fsp3) is 0.292. The second-order valence-electron chi connectivity index (χ2n) is 7.52. The highest BCUT2D eigenvalue weighted by atomic mass is 35.5. The van der Waals surface area contributed by atoms with E-state index in [0.717, 1.165) is 5.56 Å². The third kappa shape index (κ3) is 5.53. The van der Waals surface area contributed by atoms with E-state index in [2.05, 4.69) is 10.4 Å². The normalized spacial score (nSPS) is 13.6. The lowest BCUT2D eigenvalue weighted by Gasteiger charge is -2.27. The molecule has 1 N–H and O–H groups in total. The maximum atomic E-state index is 13.1. The average Bonchev–Trinajstić information content (AvgIpc) is 3.26. The van der Waals surface area contributed by atoms with Gasteiger partial charge in [-0.05, 0) is 48.9 Å². The first-order valence-electron chi connectivity index (χ1n) is 10.8. The monoisotopic (exact) mass is 468 g/mol. The highest BCUT2D eigenvalue weighted by Gasteiger charge is 2.26. The number of ether oxygens (including phenoxy) is 2. The summed E-state index contributed by atoms with van der Waals surface area (Å²) in [5.74, 6) is 0.237. The quantitative estimate of drug-likeness (QED) is 0.569. The standard InChI is InChI=1S/C24H25ClN4O4/c1-2-29-22(24(31)28-11-13-32-14-12-28)21(15-26-29)27-23(30)18-5-3-17(4-6-18)16-33-20-9-7-19(25)8-10-20/h3-10,15H,2,11-14,16H2,1H3,(H,27,30). The molecule has 2 amide bonds. The van der Waals surface area contributed by atoms with Gasteiger partial charge in [0.25, 0.3) is 11.8 Å². The van der Waals surface area contributed by atoms with E-state index in [1.807, 2.05) is 19.1 Å². The van der Waals surface area contributed by atoms with Crippen LogP contribution in [0.25, 0.3) is 0 Å². The third-order valence-corrected chi connectivity index (χ3v) is 5.58. The van der Waals surface area contributed by atoms with Crippen molar-refractivity contribution in [2.75, 3.05) is 31.6 Å². The second-order valence-corrected chi connectivity index (χ2v) is 7.96. The van der Waals surface area contributed by atoms with Crippen LogP contribution in [0.2, 0.25) is 5.02 Å². The molecule has 9 heteroatoms. The van der Waals surface area contributed by atoms with Crippen LogP contribution in [0.5, 0.6) is 5.75 Å². The number of nitrogens with zero attached hydrogens (tertiary/aromatic N) is 3. The van der Waals surface area contributed by atoms with Gasteiger partial charge in [0.1, 0.15) is 18.1 Å². The van der Waals surface area contributed by atoms with Gasteiger partial charge in [-0.15, -0.1) is 0 Å². The van der Waals surface area contributed by atoms with Gasteiger partial charge in [0.15, 0.2) is 0 Å². The molecule has 2 aromatic carbocycles. The lowest BCUT2D eigenvalue weighted by molar-refractivity contribution is 0.0295. The molecule has 33 heavy (non-hydrogen) atoms. The van der Waals surface area contributed by atoms with Crippen molar-refractivity contribution in [2.24, 2.45) is 0 Å². The molecule has 2 heterocycles. The van der Waals surface area contributed by atoms with Gasteiger partial charge in [-0.25, -0.2) is 0 Å². The molecule has 4 rings (SSSR count). The highest BCUT2D eigenvalue weighted by molar-refractivity contribution is 6.30. The first-order chi connectivity index (χ1) is 16.0. The van der Waals surface area contributed by atoms with Gasteiger partial charge in [-0.3, -0.25) is 14.3 Å². The van der Waals surface area contributed by atoms with Gasteiger partial charge >= 0.3 is 0 Å². The second kappa shape index (κ2) is 10.5. The molecule has 0 unspecified atom stereocenters. The van der Waals surface area contributed by atoms with E-state index in [1.54, 1.807) is 46.0 Å². The lowest BCUT2D eigenvalue weighted by atomic mass is 10.1. The minimum absolute atomic E-state index is 0.164. The van der Waals surface area contributed by atoms with Crippen LogP contribution in [0.3, 0.4) is 0 Å². The highest BCUT2D eigenvalue weighted by Crippen LogP contribution is 2.20. The maximum Gasteiger partial charge on any atom is 0.274 e. The molecule has 1 aliphatic heterocycles. The Balaban J connectivity index is 1.42. The maximum absolute atomic E-state index is 13.1. The molecule has 0 radical (unpaired) electrons. The van der Waals surface area contributed by atoms with Crippen LogP contribution in [-0.4, -0.2) is 52.8 Å². The number of amides is 2. The van der Waals surface area contributed by atoms with E-state index < -0.39 is 0 Å². The van der Waals surface area contributed by atoms with Crippen molar-refractivity contribution in [1.29, 1.82) is 0 Å². The molecule has 172 valence electrons. The van der Waals surface area contributed by atoms with E-state index in [1.165, 1.54) is 6.20 Å². The van der Waals surface area contributed by atoms with Crippen LogP contribution in [0.1, 0.15) is 33.3 Å². The predicted octanol–water partition coefficient (Wildman–Crippen LogP) is 3.86. The van der Waals surface area contributed by atoms with Crippen LogP contribution in [-0.2, 0) is 17.9 Å². The number of carbonyl (C=O) groups excluding carboxylic acids is 2. The van der Waals surface area contributed by atoms with Crippen LogP contribution < -0.4 is 10.1 Å². The zero-order valence-electron chi connectivity index (χ0n) is 18.3. The van der Waals surface area contributed by atoms with Gasteiger partial charge in [0, 0.05) is 30.2 Å². The Kier molecular flexibility index (Phi) is 7.26. The summed E-state index contributed by atoms with van der Waals surface area (Å²) in [6, 6.07) is 14.3. The summed E-state index contributed by atoms with van der Waals surface area (Å²) in [5.41, 5.74) is 2.16. The first-order valence-corrected chi connectivity index (χ1v) is 11.1. The number of morpholine rings is 1. The SMILES string of the molecule is CCn1ncc(NC(=O)c2ccc(COc3ccc(Cl)cc3)cc2)c1C(=O)N1CCOCC1. The average molecular weight is 469 g/mol. The molecule has 0 spiro atoms. The fourth-order valence-electron chi connectivity index (χ4n) is 3.50. The Morgan fingerprint density at radius 1 is 1.09 bits per heavy atom. The summed E-state index contributed by atoms with van der Waals surface area (Å²) in [7, 11) is 0. The number of hydrogen-bond acceptors (Lipinski definition) is 5. The van der Waals surface area contributed by atoms with Crippen molar-refractivity contribution in [2.45, 2.75) is 20.1 Å². The molecular weight excluding hydrogens is 444 g/mol. The van der Waals surface area contributed by atoms with Crippen molar-refractivity contribution >= 4 is 29.1 Å². The van der Waals surface area contributed by atoms with E-state index >= 15 is 0 Å². The van der Waals surface area contributed by atoms with E-state index in [4.69, 9.17) is 21.1 Å². The number of hydrogen-bond donors (Lipinski definition) is 1. The Hall–Kier alpha value is -3.36. The van der Waals surface area contributed by atoms with E-state index in [9.17, 15) is 9.59 Å². The molecule has 3 aromatic rings. The molecule has 0 aliphatic carbocycles. The Morgan fingerprint density at radius 2 is 1.79 bits per heavy atom. The van der Waals surface area contributed by atoms with Crippen LogP contribution >= 0.6 is 11.6 Å². The molecular formula is C24H25ClN4O4. The summed E-state index contributed by atoms with van der Waals surface area (Å²) < 4.78 is 12.7. The summed E-state index contributed by atoms with van der Waals surface area (Å²) in [6.45, 7) is 4.82. The van der Waals surface area contributed by atoms with Gasteiger partial charge in [0.05, 0.1) is 25.1 Å². The Labute approximate surface area is 197 Å². The minimum Gasteiger partial charge on any atom is -0.489 e. The number of anilines is 1. The van der Waals surface area contributed by atoms with Crippen molar-refractivity contribution in [1.82, 2.24) is 14.7 Å². The number of rotatable bonds is 7. The Morgan fingerprint density at radius 3 is 2.45 bits per heavy atom. The topological polar surface area (TPSA) is 85.7 Å². The van der Waals surface area contributed by atoms with Crippen molar-refractivity contribution in [3.63, 3.8) is 0 Å². The van der Waals surface area contributed by atoms with Crippen LogP contribution in [0.15, 0.2) is 54.7 Å². The van der Waals surface area contributed by atoms with Crippen LogP contribution in [0.4, 0.5) is 5.69 Å². The molecule has 1 aromatic heterocycles. The van der Waals surface area contributed by atoms with Gasteiger partial charge in [-0.1, -0.05) is 23.7 Å². The minimum atomic E-state index is -0.313. The van der Waals surface area contributed by atoms with Crippen LogP contribution in [0, 0.1) is 0 Å². The zero-order valence-corrected chi connectivity index (χ0v) is 19.0. The molecule has 1 saturated heterocycles. The Bertz CT molecular complexity index is 1110. The molecule has 8 nitrogen and oxygen atoms in total. The summed E-state index contributed by atoms with van der Waals surface area (Å²) in [4.78, 5) is 27.6. The number of halogens is 1. The number of aryl methyl sites for hydroxylation is 1. The smallest absolute Gasteiger partial charge is 0.274 e. The molecule has 1 aliphatic rings. The van der Waals surface area contributed by atoms with Crippen molar-refractivity contribution in [3.05, 3.63) is 76.6 Å². The number of nitrogens with one attached hydrogen (secondary N) is 1.